The fourth-order valence-electron chi connectivity index (χ4n) is 4.42. The summed E-state index contributed by atoms with van der Waals surface area (Å²) >= 11 is 0. The van der Waals surface area contributed by atoms with Gasteiger partial charge in [0, 0.05) is 44.2 Å². The first kappa shape index (κ1) is 33.3. The van der Waals surface area contributed by atoms with E-state index in [2.05, 4.69) is 31.6 Å². The molecule has 2 aromatic carbocycles. The average Bonchev–Trinajstić information content (AvgIpc) is 3.44. The van der Waals surface area contributed by atoms with Crippen LogP contribution in [0.5, 0.6) is 11.5 Å². The molecule has 2 aliphatic heterocycles. The second kappa shape index (κ2) is 16.4. The number of aliphatic hydroxyl groups excluding tert-OH is 1. The molecule has 0 aliphatic carbocycles. The van der Waals surface area contributed by atoms with Crippen LogP contribution < -0.4 is 30.7 Å². The molecule has 5 rings (SSSR count). The Morgan fingerprint density at radius 2 is 1.86 bits per heavy atom. The molecule has 13 nitrogen and oxygen atoms in total. The fraction of sp³-hybridized carbons (Fsp3) is 0.414. The van der Waals surface area contributed by atoms with Gasteiger partial charge in [0.1, 0.15) is 18.7 Å². The van der Waals surface area contributed by atoms with Gasteiger partial charge >= 0.3 is 0 Å². The van der Waals surface area contributed by atoms with Gasteiger partial charge in [0.05, 0.1) is 25.5 Å². The van der Waals surface area contributed by atoms with Gasteiger partial charge in [-0.3, -0.25) is 14.4 Å². The molecule has 2 aliphatic rings. The number of benzene rings is 2. The van der Waals surface area contributed by atoms with E-state index in [0.29, 0.717) is 44.2 Å². The van der Waals surface area contributed by atoms with Gasteiger partial charge in [-0.15, -0.1) is 17.5 Å². The number of ether oxygens (including phenoxy) is 2. The minimum Gasteiger partial charge on any atom is -0.493 e. The summed E-state index contributed by atoms with van der Waals surface area (Å²) in [6.07, 6.45) is 1.47. The van der Waals surface area contributed by atoms with Crippen LogP contribution in [0.15, 0.2) is 54.7 Å². The molecule has 14 heteroatoms. The van der Waals surface area contributed by atoms with Crippen molar-refractivity contribution >= 4 is 30.1 Å². The lowest BCUT2D eigenvalue weighted by Crippen LogP contribution is -2.58. The summed E-state index contributed by atoms with van der Waals surface area (Å²) in [6, 6.07) is 11.7. The standard InChI is InChI=1S/C29H37N7O6.ClH/c1-19(37)26-29(40)31-13-12-30-11-10-22-18-36(35-34-22)14-15-42-24-9-8-21(17-25(24)41-2)27(38)32-23(28(39)33-26)16-20-6-4-3-5-7-20;/h3-9,17-19,23,26,30,37H,10-16H2,1-2H3,(H,31,40)(H,32,38)(H,33,39);1H/t19-,23-,26+;/m1./s1. The summed E-state index contributed by atoms with van der Waals surface area (Å²) in [7, 11) is 1.47. The second-order valence-electron chi connectivity index (χ2n) is 9.92. The van der Waals surface area contributed by atoms with E-state index in [4.69, 9.17) is 9.47 Å². The van der Waals surface area contributed by atoms with E-state index in [1.165, 1.54) is 20.1 Å². The van der Waals surface area contributed by atoms with Crippen molar-refractivity contribution in [2.45, 2.75) is 44.5 Å². The van der Waals surface area contributed by atoms with E-state index in [1.54, 1.807) is 16.8 Å². The molecule has 3 amide bonds. The largest absolute Gasteiger partial charge is 0.493 e. The number of rotatable bonds is 4. The molecule has 43 heavy (non-hydrogen) atoms. The monoisotopic (exact) mass is 615 g/mol. The van der Waals surface area contributed by atoms with Gasteiger partial charge in [-0.1, -0.05) is 35.5 Å². The highest BCUT2D eigenvalue weighted by molar-refractivity contribution is 5.99. The van der Waals surface area contributed by atoms with Gasteiger partial charge in [0.15, 0.2) is 11.5 Å². The summed E-state index contributed by atoms with van der Waals surface area (Å²) in [5.41, 5.74) is 1.86. The number of aliphatic hydroxyl groups is 1. The highest BCUT2D eigenvalue weighted by atomic mass is 35.5. The minimum atomic E-state index is -1.22. The molecule has 0 saturated carbocycles. The first-order valence-electron chi connectivity index (χ1n) is 13.9. The SMILES string of the molecule is COc1cc2ccc1OCCn1cc(nn1)CCNCCNC(=O)[C@H]([C@@H](C)O)NC(=O)[C@@H](Cc1ccccc1)NC2=O.Cl. The number of methoxy groups -OCH3 is 1. The summed E-state index contributed by atoms with van der Waals surface area (Å²) < 4.78 is 13.0. The number of fused-ring (bicyclic) bond motifs is 16. The molecule has 4 bridgehead atoms. The van der Waals surface area contributed by atoms with Crippen LogP contribution in [0.1, 0.15) is 28.5 Å². The molecule has 3 aromatic rings. The predicted octanol–water partition coefficient (Wildman–Crippen LogP) is 0.256. The van der Waals surface area contributed by atoms with Crippen molar-refractivity contribution in [3.63, 3.8) is 0 Å². The van der Waals surface area contributed by atoms with Crippen LogP contribution in [-0.4, -0.2) is 89.4 Å². The van der Waals surface area contributed by atoms with Gasteiger partial charge in [-0.2, -0.15) is 0 Å². The molecular formula is C29H38ClN7O6. The van der Waals surface area contributed by atoms with Crippen molar-refractivity contribution < 1.29 is 29.0 Å². The second-order valence-corrected chi connectivity index (χ2v) is 9.92. The number of carbonyl (C=O) groups is 3. The molecule has 3 heterocycles. The van der Waals surface area contributed by atoms with Crippen LogP contribution in [0.25, 0.3) is 0 Å². The number of carbonyl (C=O) groups excluding carboxylic acids is 3. The van der Waals surface area contributed by atoms with Gasteiger partial charge in [0.2, 0.25) is 11.8 Å². The Hall–Kier alpha value is -4.20. The first-order chi connectivity index (χ1) is 20.3. The van der Waals surface area contributed by atoms with Crippen molar-refractivity contribution in [3.05, 3.63) is 71.5 Å². The molecule has 0 radical (unpaired) electrons. The van der Waals surface area contributed by atoms with Gasteiger partial charge in [-0.05, 0) is 30.7 Å². The average molecular weight is 616 g/mol. The zero-order valence-corrected chi connectivity index (χ0v) is 24.9. The van der Waals surface area contributed by atoms with Crippen LogP contribution in [-0.2, 0) is 29.0 Å². The summed E-state index contributed by atoms with van der Waals surface area (Å²) in [5.74, 6) is -0.869. The van der Waals surface area contributed by atoms with Crippen LogP contribution in [0.3, 0.4) is 0 Å². The number of halogens is 1. The lowest BCUT2D eigenvalue weighted by Gasteiger charge is -2.25. The maximum absolute atomic E-state index is 13.4. The summed E-state index contributed by atoms with van der Waals surface area (Å²) in [4.78, 5) is 39.7. The zero-order valence-electron chi connectivity index (χ0n) is 24.1. The number of nitrogens with zero attached hydrogens (tertiary/aromatic N) is 3. The molecule has 232 valence electrons. The highest BCUT2D eigenvalue weighted by Gasteiger charge is 2.30. The number of hydrogen-bond acceptors (Lipinski definition) is 9. The zero-order chi connectivity index (χ0) is 29.9. The Morgan fingerprint density at radius 3 is 2.60 bits per heavy atom. The maximum atomic E-state index is 13.4. The van der Waals surface area contributed by atoms with E-state index < -0.39 is 35.9 Å². The maximum Gasteiger partial charge on any atom is 0.252 e. The Morgan fingerprint density at radius 1 is 1.07 bits per heavy atom. The van der Waals surface area contributed by atoms with Crippen LogP contribution in [0, 0.1) is 0 Å². The molecule has 5 N–H and O–H groups in total. The summed E-state index contributed by atoms with van der Waals surface area (Å²) in [6.45, 7) is 3.55. The van der Waals surface area contributed by atoms with Gasteiger partial charge in [-0.25, -0.2) is 4.68 Å². The normalized spacial score (nSPS) is 19.6. The fourth-order valence-corrected chi connectivity index (χ4v) is 4.42. The van der Waals surface area contributed by atoms with E-state index >= 15 is 0 Å². The smallest absolute Gasteiger partial charge is 0.252 e. The number of hydrogen-bond donors (Lipinski definition) is 5. The predicted molar refractivity (Wildman–Crippen MR) is 160 cm³/mol. The third-order valence-electron chi connectivity index (χ3n) is 6.72. The topological polar surface area (TPSA) is 169 Å². The van der Waals surface area contributed by atoms with Crippen molar-refractivity contribution in [2.75, 3.05) is 33.4 Å². The molecular weight excluding hydrogens is 578 g/mol. The van der Waals surface area contributed by atoms with Crippen molar-refractivity contribution in [1.29, 1.82) is 0 Å². The van der Waals surface area contributed by atoms with Gasteiger partial charge in [0.25, 0.3) is 5.91 Å². The molecule has 0 fully saturated rings. The lowest BCUT2D eigenvalue weighted by atomic mass is 10.0. The van der Waals surface area contributed by atoms with Crippen LogP contribution >= 0.6 is 12.4 Å². The van der Waals surface area contributed by atoms with Crippen LogP contribution in [0.4, 0.5) is 0 Å². The molecule has 1 aromatic heterocycles. The van der Waals surface area contributed by atoms with E-state index in [1.807, 2.05) is 36.5 Å². The van der Waals surface area contributed by atoms with E-state index in [0.717, 1.165) is 11.3 Å². The quantitative estimate of drug-likeness (QED) is 0.258. The van der Waals surface area contributed by atoms with Crippen molar-refractivity contribution in [2.24, 2.45) is 0 Å². The third-order valence-corrected chi connectivity index (χ3v) is 6.72. The summed E-state index contributed by atoms with van der Waals surface area (Å²) in [5, 5.41) is 30.0. The minimum absolute atomic E-state index is 0. The molecule has 0 spiro atoms. The Bertz CT molecular complexity index is 1350. The van der Waals surface area contributed by atoms with Crippen molar-refractivity contribution in [3.8, 4) is 11.5 Å². The molecule has 0 saturated heterocycles. The van der Waals surface area contributed by atoms with Gasteiger partial charge < -0.3 is 35.8 Å². The first-order valence-corrected chi connectivity index (χ1v) is 13.9. The Labute approximate surface area is 256 Å². The lowest BCUT2D eigenvalue weighted by molar-refractivity contribution is -0.132. The Balaban J connectivity index is 0.00000506. The Kier molecular flexibility index (Phi) is 12.7. The third kappa shape index (κ3) is 9.66. The molecule has 3 atom stereocenters. The van der Waals surface area contributed by atoms with Crippen LogP contribution in [0.2, 0.25) is 0 Å². The number of amides is 3. The number of aromatic nitrogens is 3. The number of nitrogens with one attached hydrogen (secondary N) is 4. The van der Waals surface area contributed by atoms with Crippen molar-refractivity contribution in [1.82, 2.24) is 36.3 Å². The highest BCUT2D eigenvalue weighted by Crippen LogP contribution is 2.28. The molecule has 0 unspecified atom stereocenters. The van der Waals surface area contributed by atoms with E-state index in [-0.39, 0.29) is 30.9 Å². The van der Waals surface area contributed by atoms with E-state index in [9.17, 15) is 19.5 Å².